The molecule has 19 heavy (non-hydrogen) atoms. The highest BCUT2D eigenvalue weighted by atomic mass is 32.1. The monoisotopic (exact) mass is 268 g/mol. The first kappa shape index (κ1) is 11.9. The van der Waals surface area contributed by atoms with Gasteiger partial charge in [0.15, 0.2) is 0 Å². The van der Waals surface area contributed by atoms with Crippen LogP contribution in [0.4, 0.5) is 5.69 Å². The zero-order chi connectivity index (χ0) is 13.2. The van der Waals surface area contributed by atoms with E-state index in [-0.39, 0.29) is 5.91 Å². The molecule has 2 heterocycles. The first-order valence-electron chi connectivity index (χ1n) is 5.95. The Hall–Kier alpha value is -2.20. The molecule has 0 fully saturated rings. The highest BCUT2D eigenvalue weighted by molar-refractivity contribution is 7.14. The van der Waals surface area contributed by atoms with Gasteiger partial charge in [-0.25, -0.2) is 0 Å². The van der Waals surface area contributed by atoms with Crippen molar-refractivity contribution in [3.05, 3.63) is 58.4 Å². The zero-order valence-corrected chi connectivity index (χ0v) is 11.2. The normalized spacial score (nSPS) is 10.6. The number of hydrogen-bond acceptors (Lipinski definition) is 3. The van der Waals surface area contributed by atoms with Gasteiger partial charge in [0.1, 0.15) is 0 Å². The Bertz CT molecular complexity index is 748. The molecule has 1 amide bonds. The van der Waals surface area contributed by atoms with Gasteiger partial charge in [-0.3, -0.25) is 9.78 Å². The fourth-order valence-corrected chi connectivity index (χ4v) is 2.65. The molecule has 2 aromatic heterocycles. The number of nitrogens with zero attached hydrogens (tertiary/aromatic N) is 1. The smallest absolute Gasteiger partial charge is 0.265 e. The Morgan fingerprint density at radius 3 is 2.84 bits per heavy atom. The van der Waals surface area contributed by atoms with Crippen LogP contribution < -0.4 is 5.32 Å². The summed E-state index contributed by atoms with van der Waals surface area (Å²) in [6.07, 6.45) is 1.68. The third kappa shape index (κ3) is 2.48. The molecule has 1 aromatic carbocycles. The predicted octanol–water partition coefficient (Wildman–Crippen LogP) is 3.86. The van der Waals surface area contributed by atoms with Crippen LogP contribution in [-0.2, 0) is 0 Å². The molecule has 4 heteroatoms. The molecule has 0 saturated carbocycles. The van der Waals surface area contributed by atoms with Crippen LogP contribution in [0.5, 0.6) is 0 Å². The Kier molecular flexibility index (Phi) is 3.01. The van der Waals surface area contributed by atoms with E-state index in [9.17, 15) is 4.79 Å². The maximum absolute atomic E-state index is 12.0. The van der Waals surface area contributed by atoms with Gasteiger partial charge in [-0.2, -0.15) is 0 Å². The molecule has 0 unspecified atom stereocenters. The number of benzene rings is 1. The van der Waals surface area contributed by atoms with E-state index in [1.807, 2.05) is 49.4 Å². The number of thiophene rings is 1. The van der Waals surface area contributed by atoms with Gasteiger partial charge in [0.25, 0.3) is 5.91 Å². The molecule has 0 radical (unpaired) electrons. The maximum atomic E-state index is 12.0. The molecule has 0 aliphatic rings. The lowest BCUT2D eigenvalue weighted by Gasteiger charge is -2.04. The van der Waals surface area contributed by atoms with Gasteiger partial charge < -0.3 is 5.32 Å². The van der Waals surface area contributed by atoms with E-state index >= 15 is 0 Å². The van der Waals surface area contributed by atoms with Crippen molar-refractivity contribution >= 4 is 33.8 Å². The Morgan fingerprint density at radius 1 is 1.21 bits per heavy atom. The summed E-state index contributed by atoms with van der Waals surface area (Å²) < 4.78 is 0. The Labute approximate surface area is 114 Å². The number of aryl methyl sites for hydroxylation is 1. The number of pyridine rings is 1. The molecule has 0 aliphatic heterocycles. The zero-order valence-electron chi connectivity index (χ0n) is 10.4. The molecule has 3 aromatic rings. The number of aromatic nitrogens is 1. The summed E-state index contributed by atoms with van der Waals surface area (Å²) in [6.45, 7) is 1.99. The minimum Gasteiger partial charge on any atom is -0.320 e. The van der Waals surface area contributed by atoms with Crippen molar-refractivity contribution in [1.29, 1.82) is 0 Å². The number of nitrogens with one attached hydrogen (secondary N) is 1. The summed E-state index contributed by atoms with van der Waals surface area (Å²) in [5.41, 5.74) is 1.64. The van der Waals surface area contributed by atoms with Crippen molar-refractivity contribution in [2.45, 2.75) is 6.92 Å². The molecule has 0 aliphatic carbocycles. The molecule has 0 atom stereocenters. The van der Waals surface area contributed by atoms with E-state index in [0.717, 1.165) is 21.5 Å². The SMILES string of the molecule is Cc1ccc(C(=O)Nc2cnc3ccccc3c2)s1. The van der Waals surface area contributed by atoms with E-state index in [0.29, 0.717) is 4.88 Å². The number of carbonyl (C=O) groups is 1. The highest BCUT2D eigenvalue weighted by Gasteiger charge is 2.08. The molecule has 0 saturated heterocycles. The summed E-state index contributed by atoms with van der Waals surface area (Å²) >= 11 is 1.49. The van der Waals surface area contributed by atoms with E-state index in [4.69, 9.17) is 0 Å². The molecular formula is C15H12N2OS. The molecule has 3 nitrogen and oxygen atoms in total. The number of para-hydroxylation sites is 1. The minimum absolute atomic E-state index is 0.0878. The van der Waals surface area contributed by atoms with E-state index in [1.165, 1.54) is 11.3 Å². The van der Waals surface area contributed by atoms with Crippen LogP contribution in [0.1, 0.15) is 14.5 Å². The van der Waals surface area contributed by atoms with Crippen LogP contribution >= 0.6 is 11.3 Å². The second-order valence-electron chi connectivity index (χ2n) is 4.28. The fourth-order valence-electron chi connectivity index (χ4n) is 1.89. The van der Waals surface area contributed by atoms with Crippen molar-refractivity contribution in [3.8, 4) is 0 Å². The number of hydrogen-bond donors (Lipinski definition) is 1. The maximum Gasteiger partial charge on any atom is 0.265 e. The average molecular weight is 268 g/mol. The first-order valence-corrected chi connectivity index (χ1v) is 6.76. The van der Waals surface area contributed by atoms with Crippen LogP contribution in [0.25, 0.3) is 10.9 Å². The van der Waals surface area contributed by atoms with Crippen LogP contribution in [0.2, 0.25) is 0 Å². The Balaban J connectivity index is 1.87. The highest BCUT2D eigenvalue weighted by Crippen LogP contribution is 2.19. The molecule has 0 spiro atoms. The second-order valence-corrected chi connectivity index (χ2v) is 5.57. The van der Waals surface area contributed by atoms with Gasteiger partial charge in [0, 0.05) is 10.3 Å². The standard InChI is InChI=1S/C15H12N2OS/c1-10-6-7-14(19-10)15(18)17-12-8-11-4-2-3-5-13(11)16-9-12/h2-9H,1H3,(H,17,18). The summed E-state index contributed by atoms with van der Waals surface area (Å²) in [4.78, 5) is 18.2. The number of rotatable bonds is 2. The number of carbonyl (C=O) groups excluding carboxylic acids is 1. The van der Waals surface area contributed by atoms with Crippen molar-refractivity contribution in [2.24, 2.45) is 0 Å². The van der Waals surface area contributed by atoms with Crippen LogP contribution in [0, 0.1) is 6.92 Å². The third-order valence-electron chi connectivity index (χ3n) is 2.81. The molecule has 94 valence electrons. The van der Waals surface area contributed by atoms with Gasteiger partial charge in [-0.05, 0) is 31.2 Å². The van der Waals surface area contributed by atoms with E-state index in [1.54, 1.807) is 6.20 Å². The molecule has 0 bridgehead atoms. The lowest BCUT2D eigenvalue weighted by Crippen LogP contribution is -2.10. The van der Waals surface area contributed by atoms with Crippen molar-refractivity contribution < 1.29 is 4.79 Å². The molecule has 3 rings (SSSR count). The van der Waals surface area contributed by atoms with Crippen LogP contribution in [-0.4, -0.2) is 10.9 Å². The quantitative estimate of drug-likeness (QED) is 0.767. The van der Waals surface area contributed by atoms with Gasteiger partial charge in [-0.1, -0.05) is 18.2 Å². The summed E-state index contributed by atoms with van der Waals surface area (Å²) in [6, 6.07) is 13.5. The lowest BCUT2D eigenvalue weighted by atomic mass is 10.2. The summed E-state index contributed by atoms with van der Waals surface area (Å²) in [5, 5.41) is 3.89. The van der Waals surface area contributed by atoms with Crippen molar-refractivity contribution in [2.75, 3.05) is 5.32 Å². The average Bonchev–Trinajstić information content (AvgIpc) is 2.85. The summed E-state index contributed by atoms with van der Waals surface area (Å²) in [7, 11) is 0. The topological polar surface area (TPSA) is 42.0 Å². The third-order valence-corrected chi connectivity index (χ3v) is 3.81. The predicted molar refractivity (Wildman–Crippen MR) is 78.8 cm³/mol. The van der Waals surface area contributed by atoms with Crippen LogP contribution in [0.15, 0.2) is 48.7 Å². The van der Waals surface area contributed by atoms with E-state index in [2.05, 4.69) is 10.3 Å². The fraction of sp³-hybridized carbons (Fsp3) is 0.0667. The van der Waals surface area contributed by atoms with E-state index < -0.39 is 0 Å². The molecule has 1 N–H and O–H groups in total. The minimum atomic E-state index is -0.0878. The van der Waals surface area contributed by atoms with Gasteiger partial charge in [0.05, 0.1) is 22.3 Å². The van der Waals surface area contributed by atoms with Crippen molar-refractivity contribution in [1.82, 2.24) is 4.98 Å². The van der Waals surface area contributed by atoms with Gasteiger partial charge in [0.2, 0.25) is 0 Å². The second kappa shape index (κ2) is 4.82. The first-order chi connectivity index (χ1) is 9.22. The Morgan fingerprint density at radius 2 is 2.05 bits per heavy atom. The van der Waals surface area contributed by atoms with Gasteiger partial charge >= 0.3 is 0 Å². The largest absolute Gasteiger partial charge is 0.320 e. The van der Waals surface area contributed by atoms with Crippen LogP contribution in [0.3, 0.4) is 0 Å². The number of fused-ring (bicyclic) bond motifs is 1. The number of amides is 1. The number of anilines is 1. The molecular weight excluding hydrogens is 256 g/mol. The van der Waals surface area contributed by atoms with Crippen molar-refractivity contribution in [3.63, 3.8) is 0 Å². The van der Waals surface area contributed by atoms with Gasteiger partial charge in [-0.15, -0.1) is 11.3 Å². The summed E-state index contributed by atoms with van der Waals surface area (Å²) in [5.74, 6) is -0.0878. The lowest BCUT2D eigenvalue weighted by molar-refractivity contribution is 0.103.